The maximum absolute atomic E-state index is 10.8. The van der Waals surface area contributed by atoms with E-state index in [2.05, 4.69) is 15.6 Å². The minimum atomic E-state index is 0.363. The Morgan fingerprint density at radius 1 is 1.67 bits per heavy atom. The number of nitrogens with one attached hydrogen (secondary N) is 2. The summed E-state index contributed by atoms with van der Waals surface area (Å²) in [6.45, 7) is 1.92. The number of hydrogen-bond acceptors (Lipinski definition) is 4. The number of hydrogen-bond donors (Lipinski definition) is 2. The van der Waals surface area contributed by atoms with Gasteiger partial charge in [-0.15, -0.1) is 0 Å². The molecule has 1 atom stereocenters. The maximum Gasteiger partial charge on any atom is 0.153 e. The molecule has 0 bridgehead atoms. The van der Waals surface area contributed by atoms with Crippen LogP contribution in [0.4, 0.5) is 5.69 Å². The van der Waals surface area contributed by atoms with Crippen LogP contribution in [-0.2, 0) is 0 Å². The summed E-state index contributed by atoms with van der Waals surface area (Å²) in [6, 6.07) is 2.05. The minimum Gasteiger partial charge on any atom is -0.380 e. The molecule has 1 aromatic heterocycles. The Morgan fingerprint density at radius 3 is 3.20 bits per heavy atom. The molecule has 1 fully saturated rings. The van der Waals surface area contributed by atoms with Crippen molar-refractivity contribution < 1.29 is 4.79 Å². The second-order valence-electron chi connectivity index (χ2n) is 3.55. The molecule has 1 aliphatic heterocycles. The molecule has 0 aromatic carbocycles. The molecular formula is C10H12ClN3O. The van der Waals surface area contributed by atoms with Gasteiger partial charge in [-0.25, -0.2) is 4.98 Å². The lowest BCUT2D eigenvalue weighted by atomic mass is 10.2. The molecule has 2 rings (SSSR count). The molecule has 1 aliphatic rings. The number of pyridine rings is 1. The van der Waals surface area contributed by atoms with Gasteiger partial charge in [-0.2, -0.15) is 0 Å². The van der Waals surface area contributed by atoms with E-state index in [1.165, 1.54) is 6.20 Å². The number of rotatable bonds is 3. The zero-order chi connectivity index (χ0) is 10.7. The van der Waals surface area contributed by atoms with Gasteiger partial charge >= 0.3 is 0 Å². The zero-order valence-corrected chi connectivity index (χ0v) is 8.92. The van der Waals surface area contributed by atoms with Gasteiger partial charge in [0.15, 0.2) is 6.29 Å². The molecule has 0 amide bonds. The molecule has 0 saturated carbocycles. The first kappa shape index (κ1) is 10.4. The van der Waals surface area contributed by atoms with Crippen LogP contribution < -0.4 is 10.6 Å². The van der Waals surface area contributed by atoms with E-state index in [0.29, 0.717) is 16.8 Å². The van der Waals surface area contributed by atoms with Gasteiger partial charge in [-0.3, -0.25) is 4.79 Å². The van der Waals surface area contributed by atoms with Gasteiger partial charge in [0.2, 0.25) is 0 Å². The lowest BCUT2D eigenvalue weighted by Gasteiger charge is -2.14. The highest BCUT2D eigenvalue weighted by atomic mass is 35.5. The second kappa shape index (κ2) is 4.59. The number of anilines is 1. The van der Waals surface area contributed by atoms with E-state index in [0.717, 1.165) is 31.5 Å². The maximum atomic E-state index is 10.8. The first-order valence-electron chi connectivity index (χ1n) is 4.87. The molecule has 0 radical (unpaired) electrons. The molecule has 0 spiro atoms. The van der Waals surface area contributed by atoms with Crippen LogP contribution in [0, 0.1) is 0 Å². The summed E-state index contributed by atoms with van der Waals surface area (Å²) in [7, 11) is 0. The van der Waals surface area contributed by atoms with E-state index in [1.807, 2.05) is 0 Å². The van der Waals surface area contributed by atoms with Crippen molar-refractivity contribution in [3.8, 4) is 0 Å². The van der Waals surface area contributed by atoms with Crippen LogP contribution in [0.25, 0.3) is 0 Å². The van der Waals surface area contributed by atoms with Gasteiger partial charge in [-0.05, 0) is 19.0 Å². The van der Waals surface area contributed by atoms with E-state index in [9.17, 15) is 4.79 Å². The van der Waals surface area contributed by atoms with Crippen molar-refractivity contribution >= 4 is 23.6 Å². The lowest BCUT2D eigenvalue weighted by molar-refractivity contribution is 0.112. The Labute approximate surface area is 93.0 Å². The highest BCUT2D eigenvalue weighted by Gasteiger charge is 2.15. The van der Waals surface area contributed by atoms with Crippen molar-refractivity contribution in [2.75, 3.05) is 18.4 Å². The van der Waals surface area contributed by atoms with Crippen molar-refractivity contribution in [2.24, 2.45) is 0 Å². The fraction of sp³-hybridized carbons (Fsp3) is 0.400. The Kier molecular flexibility index (Phi) is 3.18. The highest BCUT2D eigenvalue weighted by Crippen LogP contribution is 2.19. The first-order chi connectivity index (χ1) is 7.29. The van der Waals surface area contributed by atoms with Crippen LogP contribution in [0.5, 0.6) is 0 Å². The molecule has 1 aromatic rings. The summed E-state index contributed by atoms with van der Waals surface area (Å²) in [5.41, 5.74) is 1.31. The van der Waals surface area contributed by atoms with Crippen molar-refractivity contribution in [1.29, 1.82) is 0 Å². The monoisotopic (exact) mass is 225 g/mol. The predicted molar refractivity (Wildman–Crippen MR) is 59.5 cm³/mol. The molecule has 1 saturated heterocycles. The van der Waals surface area contributed by atoms with Crippen molar-refractivity contribution in [1.82, 2.24) is 10.3 Å². The third-order valence-electron chi connectivity index (χ3n) is 2.45. The number of carbonyl (C=O) groups excluding carboxylic acids is 1. The summed E-state index contributed by atoms with van der Waals surface area (Å²) in [4.78, 5) is 14.6. The molecule has 15 heavy (non-hydrogen) atoms. The summed E-state index contributed by atoms with van der Waals surface area (Å²) in [5, 5.41) is 6.93. The SMILES string of the molecule is O=Cc1cnc(Cl)cc1N[C@@H]1CCNC1. The molecule has 4 nitrogen and oxygen atoms in total. The number of aldehydes is 1. The fourth-order valence-corrected chi connectivity index (χ4v) is 1.82. The highest BCUT2D eigenvalue weighted by molar-refractivity contribution is 6.29. The fourth-order valence-electron chi connectivity index (χ4n) is 1.66. The molecule has 80 valence electrons. The standard InChI is InChI=1S/C10H12ClN3O/c11-10-3-9(7(6-15)4-13-10)14-8-1-2-12-5-8/h3-4,6,8,12H,1-2,5H2,(H,13,14)/t8-/m1/s1. The summed E-state index contributed by atoms with van der Waals surface area (Å²) >= 11 is 5.78. The van der Waals surface area contributed by atoms with Crippen molar-refractivity contribution in [3.05, 3.63) is 23.0 Å². The number of carbonyl (C=O) groups is 1. The molecule has 5 heteroatoms. The average Bonchev–Trinajstić information content (AvgIpc) is 2.71. The van der Waals surface area contributed by atoms with Crippen LogP contribution in [-0.4, -0.2) is 30.4 Å². The van der Waals surface area contributed by atoms with Gasteiger partial charge in [0, 0.05) is 24.5 Å². The van der Waals surface area contributed by atoms with Crippen molar-refractivity contribution in [3.63, 3.8) is 0 Å². The van der Waals surface area contributed by atoms with Crippen LogP contribution in [0.15, 0.2) is 12.3 Å². The number of nitrogens with zero attached hydrogens (tertiary/aromatic N) is 1. The van der Waals surface area contributed by atoms with E-state index in [4.69, 9.17) is 11.6 Å². The summed E-state index contributed by atoms with van der Waals surface area (Å²) < 4.78 is 0. The van der Waals surface area contributed by atoms with Crippen LogP contribution in [0.2, 0.25) is 5.15 Å². The molecule has 2 N–H and O–H groups in total. The largest absolute Gasteiger partial charge is 0.380 e. The van der Waals surface area contributed by atoms with E-state index < -0.39 is 0 Å². The predicted octanol–water partition coefficient (Wildman–Crippen LogP) is 1.32. The molecule has 0 aliphatic carbocycles. The number of aromatic nitrogens is 1. The Hall–Kier alpha value is -1.13. The zero-order valence-electron chi connectivity index (χ0n) is 8.16. The first-order valence-corrected chi connectivity index (χ1v) is 5.25. The quantitative estimate of drug-likeness (QED) is 0.602. The van der Waals surface area contributed by atoms with Gasteiger partial charge < -0.3 is 10.6 Å². The molecule has 0 unspecified atom stereocenters. The third kappa shape index (κ3) is 2.46. The minimum absolute atomic E-state index is 0.363. The average molecular weight is 226 g/mol. The topological polar surface area (TPSA) is 54.0 Å². The Morgan fingerprint density at radius 2 is 2.53 bits per heavy atom. The molecule has 2 heterocycles. The van der Waals surface area contributed by atoms with Crippen LogP contribution in [0.1, 0.15) is 16.8 Å². The van der Waals surface area contributed by atoms with Gasteiger partial charge in [0.25, 0.3) is 0 Å². The summed E-state index contributed by atoms with van der Waals surface area (Å²) in [6.07, 6.45) is 3.33. The van der Waals surface area contributed by atoms with Gasteiger partial charge in [0.05, 0.1) is 5.56 Å². The van der Waals surface area contributed by atoms with E-state index in [-0.39, 0.29) is 0 Å². The van der Waals surface area contributed by atoms with E-state index >= 15 is 0 Å². The molecular weight excluding hydrogens is 214 g/mol. The second-order valence-corrected chi connectivity index (χ2v) is 3.93. The lowest BCUT2D eigenvalue weighted by Crippen LogP contribution is -2.22. The van der Waals surface area contributed by atoms with Crippen LogP contribution in [0.3, 0.4) is 0 Å². The smallest absolute Gasteiger partial charge is 0.153 e. The van der Waals surface area contributed by atoms with Gasteiger partial charge in [0.1, 0.15) is 5.15 Å². The van der Waals surface area contributed by atoms with Crippen molar-refractivity contribution in [2.45, 2.75) is 12.5 Å². The van der Waals surface area contributed by atoms with Gasteiger partial charge in [-0.1, -0.05) is 11.6 Å². The third-order valence-corrected chi connectivity index (χ3v) is 2.66. The normalized spacial score (nSPS) is 20.2. The van der Waals surface area contributed by atoms with E-state index in [1.54, 1.807) is 6.07 Å². The Balaban J connectivity index is 2.17. The van der Waals surface area contributed by atoms with Crippen LogP contribution >= 0.6 is 11.6 Å². The Bertz CT molecular complexity index is 364. The summed E-state index contributed by atoms with van der Waals surface area (Å²) in [5.74, 6) is 0. The number of halogens is 1.